The fraction of sp³-hybridized carbons (Fsp3) is 0. The minimum Gasteiger partial charge on any atom is -0.354 e. The van der Waals surface area contributed by atoms with E-state index in [1.165, 1.54) is 48.6 Å². The van der Waals surface area contributed by atoms with Crippen molar-refractivity contribution in [2.75, 3.05) is 0 Å². The van der Waals surface area contributed by atoms with Crippen LogP contribution in [0, 0.1) is 58.2 Å². The van der Waals surface area contributed by atoms with Crippen LogP contribution in [0.2, 0.25) is 0 Å². The number of nitrogens with one attached hydrogen (secondary N) is 3. The maximum atomic E-state index is 15.6. The van der Waals surface area contributed by atoms with Crippen LogP contribution in [0.5, 0.6) is 0 Å². The van der Waals surface area contributed by atoms with Gasteiger partial charge >= 0.3 is 0 Å². The number of nitrogens with zero attached hydrogens (tertiary/aromatic N) is 1. The first-order valence-corrected chi connectivity index (χ1v) is 17.0. The molecule has 57 heavy (non-hydrogen) atoms. The van der Waals surface area contributed by atoms with Crippen molar-refractivity contribution in [3.8, 4) is 44.5 Å². The number of aromatic nitrogens is 4. The van der Waals surface area contributed by atoms with Gasteiger partial charge in [-0.2, -0.15) is 0 Å². The molecule has 0 aliphatic carbocycles. The van der Waals surface area contributed by atoms with Crippen LogP contribution in [0.25, 0.3) is 89.8 Å². The van der Waals surface area contributed by atoms with Crippen LogP contribution < -0.4 is 0 Å². The van der Waals surface area contributed by atoms with Crippen molar-refractivity contribution < 1.29 is 43.9 Å². The van der Waals surface area contributed by atoms with Crippen molar-refractivity contribution in [2.45, 2.75) is 0 Å². The number of hydrogen-bond acceptors (Lipinski definition) is 1. The number of H-pyrrole nitrogens is 3. The molecule has 1 aliphatic rings. The molecule has 3 N–H and O–H groups in total. The molecule has 14 heteroatoms. The molecule has 0 fully saturated rings. The number of halogens is 10. The Hall–Kier alpha value is -7.09. The van der Waals surface area contributed by atoms with Crippen molar-refractivity contribution in [1.29, 1.82) is 0 Å². The first kappa shape index (κ1) is 35.6. The maximum absolute atomic E-state index is 15.6. The lowest BCUT2D eigenvalue weighted by molar-refractivity contribution is 0.381. The molecule has 9 rings (SSSR count). The highest BCUT2D eigenvalue weighted by atomic mass is 19.2. The predicted molar refractivity (Wildman–Crippen MR) is 197 cm³/mol. The Kier molecular flexibility index (Phi) is 8.30. The standard InChI is InChI=1S/C43H20F10N4/c44-34-32(35(45)39(49)42(52)38(34)48)30-25-12-10-21(54-25)22-11-13-26(55-22)31(33-36(46)40(50)43(53)41(51)37(33)47)28-17-15-24(57-28)29(23-14-16-27(30)56-23)20-8-6-19(7-9-20)18-4-2-1-3-5-18/h1-17,54,56-57H. The summed E-state index contributed by atoms with van der Waals surface area (Å²) < 4.78 is 150. The van der Waals surface area contributed by atoms with Gasteiger partial charge in [0.2, 0.25) is 11.6 Å². The lowest BCUT2D eigenvalue weighted by Gasteiger charge is -2.10. The summed E-state index contributed by atoms with van der Waals surface area (Å²) in [6, 6.07) is 24.7. The number of benzene rings is 4. The molecule has 1 aliphatic heterocycles. The van der Waals surface area contributed by atoms with Crippen LogP contribution in [-0.2, 0) is 0 Å². The zero-order valence-electron chi connectivity index (χ0n) is 28.5. The topological polar surface area (TPSA) is 60.3 Å². The first-order valence-electron chi connectivity index (χ1n) is 17.0. The lowest BCUT2D eigenvalue weighted by atomic mass is 10.00. The Balaban J connectivity index is 1.45. The average Bonchev–Trinajstić information content (AvgIpc) is 4.07. The quantitative estimate of drug-likeness (QED) is 0.0929. The van der Waals surface area contributed by atoms with Crippen LogP contribution in [0.15, 0.2) is 91.0 Å². The Morgan fingerprint density at radius 1 is 0.281 bits per heavy atom. The Morgan fingerprint density at radius 2 is 0.632 bits per heavy atom. The average molecular weight is 783 g/mol. The lowest BCUT2D eigenvalue weighted by Crippen LogP contribution is -2.05. The SMILES string of the molecule is Fc1c(F)c(F)c(-c2c3nc(c4ccc([nH]4)c(-c4c(F)c(F)c(F)c(F)c4F)c4ccc([nH]4)c(-c4ccc(-c5ccccc5)cc4)c4ccc2[nH]4)C=C3)c(F)c1F. The van der Waals surface area contributed by atoms with Crippen molar-refractivity contribution in [3.05, 3.63) is 161 Å². The number of aromatic amines is 3. The van der Waals surface area contributed by atoms with Crippen molar-refractivity contribution in [3.63, 3.8) is 0 Å². The van der Waals surface area contributed by atoms with Gasteiger partial charge in [-0.3, -0.25) is 0 Å². The van der Waals surface area contributed by atoms with Crippen molar-refractivity contribution in [2.24, 2.45) is 0 Å². The van der Waals surface area contributed by atoms with Gasteiger partial charge in [-0.1, -0.05) is 54.6 Å². The smallest absolute Gasteiger partial charge is 0.200 e. The number of rotatable bonds is 4. The second kappa shape index (κ2) is 13.3. The van der Waals surface area contributed by atoms with E-state index in [-0.39, 0.29) is 44.5 Å². The third-order valence-corrected chi connectivity index (χ3v) is 9.78. The van der Waals surface area contributed by atoms with Gasteiger partial charge in [0.25, 0.3) is 0 Å². The van der Waals surface area contributed by atoms with E-state index in [0.29, 0.717) is 11.1 Å². The van der Waals surface area contributed by atoms with E-state index in [9.17, 15) is 26.3 Å². The fourth-order valence-electron chi connectivity index (χ4n) is 7.10. The molecule has 5 heterocycles. The summed E-state index contributed by atoms with van der Waals surface area (Å²) in [5.74, 6) is -21.8. The van der Waals surface area contributed by atoms with Crippen LogP contribution in [0.3, 0.4) is 0 Å². The molecule has 8 aromatic rings. The zero-order valence-corrected chi connectivity index (χ0v) is 28.5. The van der Waals surface area contributed by atoms with Crippen molar-refractivity contribution in [1.82, 2.24) is 19.9 Å². The van der Waals surface area contributed by atoms with E-state index in [4.69, 9.17) is 0 Å². The first-order chi connectivity index (χ1) is 27.4. The van der Waals surface area contributed by atoms with Crippen LogP contribution in [0.4, 0.5) is 43.9 Å². The molecule has 4 aromatic carbocycles. The second-order valence-electron chi connectivity index (χ2n) is 13.0. The molecular weight excluding hydrogens is 762 g/mol. The van der Waals surface area contributed by atoms with Crippen LogP contribution >= 0.6 is 0 Å². The monoisotopic (exact) mass is 782 g/mol. The minimum absolute atomic E-state index is 0.0222. The molecule has 0 saturated heterocycles. The predicted octanol–water partition coefficient (Wildman–Crippen LogP) is 12.8. The van der Waals surface area contributed by atoms with Gasteiger partial charge < -0.3 is 15.0 Å². The highest BCUT2D eigenvalue weighted by Gasteiger charge is 2.31. The van der Waals surface area contributed by atoms with Gasteiger partial charge in [0.05, 0.1) is 28.0 Å². The van der Waals surface area contributed by atoms with Crippen LogP contribution in [-0.4, -0.2) is 19.9 Å². The molecule has 282 valence electrons. The Morgan fingerprint density at radius 3 is 1.14 bits per heavy atom. The van der Waals surface area contributed by atoms with Gasteiger partial charge in [-0.05, 0) is 65.2 Å². The van der Waals surface area contributed by atoms with Gasteiger partial charge in [0, 0.05) is 44.3 Å². The highest BCUT2D eigenvalue weighted by molar-refractivity contribution is 6.00. The van der Waals surface area contributed by atoms with E-state index in [1.54, 1.807) is 24.3 Å². The largest absolute Gasteiger partial charge is 0.354 e. The molecule has 4 nitrogen and oxygen atoms in total. The van der Waals surface area contributed by atoms with Crippen molar-refractivity contribution >= 4 is 45.3 Å². The number of hydrogen-bond donors (Lipinski definition) is 3. The highest BCUT2D eigenvalue weighted by Crippen LogP contribution is 2.41. The second-order valence-corrected chi connectivity index (χ2v) is 13.0. The van der Waals surface area contributed by atoms with E-state index in [2.05, 4.69) is 19.9 Å². The van der Waals surface area contributed by atoms with Gasteiger partial charge in [-0.25, -0.2) is 48.9 Å². The van der Waals surface area contributed by atoms with Gasteiger partial charge in [0.15, 0.2) is 46.5 Å². The van der Waals surface area contributed by atoms with E-state index in [1.807, 2.05) is 30.3 Å². The molecule has 8 bridgehead atoms. The molecule has 0 radical (unpaired) electrons. The summed E-state index contributed by atoms with van der Waals surface area (Å²) >= 11 is 0. The van der Waals surface area contributed by atoms with E-state index in [0.717, 1.165) is 11.1 Å². The van der Waals surface area contributed by atoms with E-state index >= 15 is 17.6 Å². The maximum Gasteiger partial charge on any atom is 0.200 e. The summed E-state index contributed by atoms with van der Waals surface area (Å²) in [6.45, 7) is 0. The summed E-state index contributed by atoms with van der Waals surface area (Å²) in [6.07, 6.45) is 2.59. The zero-order chi connectivity index (χ0) is 39.9. The molecule has 0 saturated carbocycles. The summed E-state index contributed by atoms with van der Waals surface area (Å²) in [5.41, 5.74) is -0.981. The Labute approximate surface area is 313 Å². The fourth-order valence-corrected chi connectivity index (χ4v) is 7.10. The third kappa shape index (κ3) is 5.58. The molecule has 0 amide bonds. The van der Waals surface area contributed by atoms with Gasteiger partial charge in [-0.15, -0.1) is 0 Å². The van der Waals surface area contributed by atoms with E-state index < -0.39 is 80.4 Å². The summed E-state index contributed by atoms with van der Waals surface area (Å²) in [5, 5.41) is 0. The minimum atomic E-state index is -2.35. The van der Waals surface area contributed by atoms with Crippen LogP contribution in [0.1, 0.15) is 11.4 Å². The third-order valence-electron chi connectivity index (χ3n) is 9.78. The molecule has 4 aromatic heterocycles. The summed E-state index contributed by atoms with van der Waals surface area (Å²) in [4.78, 5) is 13.4. The number of fused-ring (bicyclic) bond motifs is 9. The molecule has 0 unspecified atom stereocenters. The molecule has 0 spiro atoms. The summed E-state index contributed by atoms with van der Waals surface area (Å²) in [7, 11) is 0. The normalized spacial score (nSPS) is 12.0. The van der Waals surface area contributed by atoms with Gasteiger partial charge in [0.1, 0.15) is 0 Å². The molecular formula is C43H20F10N4. The Bertz CT molecular complexity index is 3070. The molecule has 0 atom stereocenters.